The van der Waals surface area contributed by atoms with Crippen molar-refractivity contribution in [2.75, 3.05) is 0 Å². The minimum Gasteiger partial charge on any atom is -0.441 e. The molecule has 4 unspecified atom stereocenters. The van der Waals surface area contributed by atoms with Crippen molar-refractivity contribution in [1.29, 1.82) is 0 Å². The molecule has 1 heterocycles. The Bertz CT molecular complexity index is 3740. The third-order valence-corrected chi connectivity index (χ3v) is 16.1. The number of oxazole rings is 1. The largest absolute Gasteiger partial charge is 0.441 e. The number of benzene rings is 8. The molecule has 0 fully saturated rings. The fourth-order valence-corrected chi connectivity index (χ4v) is 13.2. The minimum atomic E-state index is -0.264. The summed E-state index contributed by atoms with van der Waals surface area (Å²) in [5, 5.41) is 10.7. The van der Waals surface area contributed by atoms with Crippen LogP contribution >= 0.6 is 0 Å². The molecule has 1 aromatic heterocycles. The molecule has 64 heavy (non-hydrogen) atoms. The molecule has 9 aromatic rings. The molecule has 0 amide bonds. The zero-order valence-corrected chi connectivity index (χ0v) is 35.8. The van der Waals surface area contributed by atoms with Gasteiger partial charge in [-0.1, -0.05) is 160 Å². The summed E-state index contributed by atoms with van der Waals surface area (Å²) in [6.45, 7) is 4.82. The zero-order chi connectivity index (χ0) is 42.0. The van der Waals surface area contributed by atoms with E-state index in [1.54, 1.807) is 0 Å². The average Bonchev–Trinajstić information content (AvgIpc) is 4.07. The summed E-state index contributed by atoms with van der Waals surface area (Å²) < 4.78 is 6.43. The first-order valence-electron chi connectivity index (χ1n) is 23.2. The molecule has 2 heteroatoms. The molecule has 6 aliphatic carbocycles. The lowest BCUT2D eigenvalue weighted by molar-refractivity contribution is 0.516. The topological polar surface area (TPSA) is 26.0 Å². The van der Waals surface area contributed by atoms with E-state index in [1.165, 1.54) is 110 Å². The van der Waals surface area contributed by atoms with Gasteiger partial charge >= 0.3 is 0 Å². The lowest BCUT2D eigenvalue weighted by atomic mass is 9.78. The SMILES string of the molecule is CC1(C)c2cc(-c3nc4c(o3)CCC=C4)ccc2-c2cc3c(-c4ccc5c6c(cccc46)C4C=CC=CC54)c4ccccc4c(-c4ccc5c6c(cccc46)C4C=CC=CC54)c3cc21. The van der Waals surface area contributed by atoms with Crippen LogP contribution in [0.15, 0.2) is 174 Å². The smallest absolute Gasteiger partial charge is 0.226 e. The first-order chi connectivity index (χ1) is 31.5. The van der Waals surface area contributed by atoms with E-state index >= 15 is 0 Å². The van der Waals surface area contributed by atoms with E-state index < -0.39 is 0 Å². The molecule has 0 N–H and O–H groups in total. The van der Waals surface area contributed by atoms with Gasteiger partial charge in [-0.2, -0.15) is 0 Å². The van der Waals surface area contributed by atoms with Crippen LogP contribution in [0.1, 0.15) is 88.8 Å². The van der Waals surface area contributed by atoms with Crippen LogP contribution in [0.5, 0.6) is 0 Å². The number of hydrogen-bond donors (Lipinski definition) is 0. The Morgan fingerprint density at radius 3 is 1.62 bits per heavy atom. The predicted octanol–water partition coefficient (Wildman–Crippen LogP) is 16.2. The molecule has 0 saturated carbocycles. The normalized spacial score (nSPS) is 21.0. The summed E-state index contributed by atoms with van der Waals surface area (Å²) >= 11 is 0. The standard InChI is InChI=1S/C62H43NO/c1-62(2)53-31-34(61-63-55-23-9-10-24-56(55)64-61)25-26-39(53)50-32-51-52(33-54(50)62)60(49-30-28-47-38-16-6-4-14-36(38)41-20-12-22-45(49)58(41)47)43-18-8-7-17-42(43)59(51)48-29-27-46-37-15-5-3-13-35(37)40-19-11-21-44(48)57(40)46/h3-9,11-23,25-33,35-38H,10,24H2,1-2H3. The van der Waals surface area contributed by atoms with E-state index in [9.17, 15) is 0 Å². The monoisotopic (exact) mass is 817 g/mol. The van der Waals surface area contributed by atoms with Crippen molar-refractivity contribution in [2.45, 2.75) is 55.8 Å². The van der Waals surface area contributed by atoms with Crippen LogP contribution in [0.2, 0.25) is 0 Å². The van der Waals surface area contributed by atoms with Crippen molar-refractivity contribution in [3.8, 4) is 44.8 Å². The zero-order valence-electron chi connectivity index (χ0n) is 35.8. The molecule has 15 rings (SSSR count). The van der Waals surface area contributed by atoms with E-state index in [0.29, 0.717) is 29.6 Å². The number of aromatic nitrogens is 1. The number of nitrogens with zero attached hydrogens (tertiary/aromatic N) is 1. The van der Waals surface area contributed by atoms with Crippen LogP contribution in [-0.4, -0.2) is 4.98 Å². The van der Waals surface area contributed by atoms with Gasteiger partial charge in [-0.15, -0.1) is 0 Å². The molecule has 2 nitrogen and oxygen atoms in total. The maximum atomic E-state index is 6.43. The van der Waals surface area contributed by atoms with E-state index in [4.69, 9.17) is 9.40 Å². The van der Waals surface area contributed by atoms with Crippen molar-refractivity contribution in [3.63, 3.8) is 0 Å². The maximum Gasteiger partial charge on any atom is 0.226 e. The second-order valence-electron chi connectivity index (χ2n) is 19.5. The highest BCUT2D eigenvalue weighted by Crippen LogP contribution is 2.58. The molecule has 0 saturated heterocycles. The Hall–Kier alpha value is -7.29. The van der Waals surface area contributed by atoms with Crippen molar-refractivity contribution in [2.24, 2.45) is 0 Å². The summed E-state index contributed by atoms with van der Waals surface area (Å²) in [6.07, 6.45) is 24.7. The van der Waals surface area contributed by atoms with Gasteiger partial charge in [0.2, 0.25) is 5.89 Å². The first-order valence-corrected chi connectivity index (χ1v) is 23.2. The fraction of sp³-hybridized carbons (Fsp3) is 0.145. The van der Waals surface area contributed by atoms with Gasteiger partial charge in [0.15, 0.2) is 0 Å². The second-order valence-corrected chi connectivity index (χ2v) is 19.5. The Labute approximate surface area is 372 Å². The van der Waals surface area contributed by atoms with E-state index in [-0.39, 0.29) is 5.41 Å². The van der Waals surface area contributed by atoms with Gasteiger partial charge in [0.1, 0.15) is 11.5 Å². The minimum absolute atomic E-state index is 0.264. The summed E-state index contributed by atoms with van der Waals surface area (Å²) in [5.41, 5.74) is 18.0. The summed E-state index contributed by atoms with van der Waals surface area (Å²) in [4.78, 5) is 4.97. The predicted molar refractivity (Wildman–Crippen MR) is 265 cm³/mol. The number of fused-ring (bicyclic) bond motifs is 12. The van der Waals surface area contributed by atoms with Gasteiger partial charge in [-0.3, -0.25) is 0 Å². The fourth-order valence-electron chi connectivity index (χ4n) is 13.2. The van der Waals surface area contributed by atoms with Gasteiger partial charge in [-0.25, -0.2) is 4.98 Å². The van der Waals surface area contributed by atoms with Crippen molar-refractivity contribution >= 4 is 49.2 Å². The van der Waals surface area contributed by atoms with E-state index in [2.05, 4.69) is 190 Å². The van der Waals surface area contributed by atoms with E-state index in [0.717, 1.165) is 29.9 Å². The molecule has 0 spiro atoms. The number of rotatable bonds is 3. The highest BCUT2D eigenvalue weighted by Gasteiger charge is 2.39. The second kappa shape index (κ2) is 12.5. The van der Waals surface area contributed by atoms with Gasteiger partial charge in [0.25, 0.3) is 0 Å². The maximum absolute atomic E-state index is 6.43. The average molecular weight is 818 g/mol. The molecular formula is C62H43NO. The molecule has 8 aromatic carbocycles. The van der Waals surface area contributed by atoms with Crippen LogP contribution in [-0.2, 0) is 11.8 Å². The van der Waals surface area contributed by atoms with Crippen LogP contribution in [0.3, 0.4) is 0 Å². The highest BCUT2D eigenvalue weighted by atomic mass is 16.4. The molecule has 302 valence electrons. The van der Waals surface area contributed by atoms with Gasteiger partial charge in [-0.05, 0) is 147 Å². The third kappa shape index (κ3) is 4.48. The summed E-state index contributed by atoms with van der Waals surface area (Å²) in [6, 6.07) is 45.2. The van der Waals surface area contributed by atoms with Crippen molar-refractivity contribution < 1.29 is 4.42 Å². The van der Waals surface area contributed by atoms with Crippen molar-refractivity contribution in [1.82, 2.24) is 4.98 Å². The van der Waals surface area contributed by atoms with Crippen LogP contribution < -0.4 is 0 Å². The van der Waals surface area contributed by atoms with Crippen LogP contribution in [0.25, 0.3) is 94.0 Å². The Morgan fingerprint density at radius 2 is 1.03 bits per heavy atom. The summed E-state index contributed by atoms with van der Waals surface area (Å²) in [5.74, 6) is 3.20. The summed E-state index contributed by atoms with van der Waals surface area (Å²) in [7, 11) is 0. The van der Waals surface area contributed by atoms with E-state index in [1.807, 2.05) is 0 Å². The number of hydrogen-bond acceptors (Lipinski definition) is 2. The van der Waals surface area contributed by atoms with Crippen LogP contribution in [0, 0.1) is 0 Å². The Morgan fingerprint density at radius 1 is 0.500 bits per heavy atom. The Kier molecular flexibility index (Phi) is 6.85. The van der Waals surface area contributed by atoms with Gasteiger partial charge in [0, 0.05) is 41.1 Å². The molecule has 6 aliphatic rings. The first kappa shape index (κ1) is 35.2. The van der Waals surface area contributed by atoms with Crippen LogP contribution in [0.4, 0.5) is 0 Å². The quantitative estimate of drug-likeness (QED) is 0.166. The molecule has 0 radical (unpaired) electrons. The lowest BCUT2D eigenvalue weighted by Crippen LogP contribution is -2.15. The van der Waals surface area contributed by atoms with Gasteiger partial charge in [0.05, 0.1) is 0 Å². The van der Waals surface area contributed by atoms with Gasteiger partial charge < -0.3 is 4.42 Å². The molecule has 0 aliphatic heterocycles. The molecular weight excluding hydrogens is 775 g/mol. The molecule has 0 bridgehead atoms. The lowest BCUT2D eigenvalue weighted by Gasteiger charge is -2.25. The highest BCUT2D eigenvalue weighted by molar-refractivity contribution is 6.26. The number of aryl methyl sites for hydroxylation is 1. The van der Waals surface area contributed by atoms with Crippen molar-refractivity contribution in [3.05, 3.63) is 215 Å². The molecule has 4 atom stereocenters. The Balaban J connectivity index is 1.04. The third-order valence-electron chi connectivity index (χ3n) is 16.1. The number of allylic oxidation sites excluding steroid dienone is 9.